The van der Waals surface area contributed by atoms with Crippen molar-refractivity contribution in [3.63, 3.8) is 0 Å². The van der Waals surface area contributed by atoms with Crippen molar-refractivity contribution in [2.45, 2.75) is 38.5 Å². The number of anilines is 1. The molecule has 178 valence electrons. The van der Waals surface area contributed by atoms with E-state index in [9.17, 15) is 9.59 Å². The van der Waals surface area contributed by atoms with Crippen LogP contribution in [0.1, 0.15) is 49.7 Å². The van der Waals surface area contributed by atoms with E-state index in [1.807, 2.05) is 45.3 Å². The first-order valence-corrected chi connectivity index (χ1v) is 11.7. The minimum atomic E-state index is -0.491. The molecule has 1 N–H and O–H groups in total. The first-order chi connectivity index (χ1) is 16.3. The Bertz CT molecular complexity index is 1160. The summed E-state index contributed by atoms with van der Waals surface area (Å²) in [5, 5.41) is 3.39. The normalized spacial score (nSPS) is 20.0. The number of esters is 1. The Morgan fingerprint density at radius 3 is 2.47 bits per heavy atom. The highest BCUT2D eigenvalue weighted by Gasteiger charge is 2.41. The van der Waals surface area contributed by atoms with Crippen molar-refractivity contribution in [3.8, 4) is 5.75 Å². The monoisotopic (exact) mass is 460 g/mol. The molecule has 2 atom stereocenters. The number of carbonyl (C=O) groups excluding carboxylic acids is 2. The van der Waals surface area contributed by atoms with Crippen LogP contribution in [-0.2, 0) is 14.3 Å². The molecule has 1 heterocycles. The number of benzene rings is 2. The number of methoxy groups -OCH3 is 1. The number of nitrogens with one attached hydrogen (secondary N) is 1. The predicted molar refractivity (Wildman–Crippen MR) is 133 cm³/mol. The Balaban J connectivity index is 1.76. The number of hydrogen-bond acceptors (Lipinski definition) is 6. The predicted octanol–water partition coefficient (Wildman–Crippen LogP) is 4.69. The van der Waals surface area contributed by atoms with E-state index in [4.69, 9.17) is 9.47 Å². The van der Waals surface area contributed by atoms with Crippen LogP contribution in [0.5, 0.6) is 5.75 Å². The van der Waals surface area contributed by atoms with E-state index in [-0.39, 0.29) is 18.3 Å². The van der Waals surface area contributed by atoms with Crippen LogP contribution in [0.25, 0.3) is 0 Å². The van der Waals surface area contributed by atoms with Crippen LogP contribution in [0.15, 0.2) is 71.1 Å². The molecule has 6 nitrogen and oxygen atoms in total. The smallest absolute Gasteiger partial charge is 0.336 e. The van der Waals surface area contributed by atoms with Crippen molar-refractivity contribution < 1.29 is 19.1 Å². The van der Waals surface area contributed by atoms with Crippen molar-refractivity contribution in [1.82, 2.24) is 5.32 Å². The van der Waals surface area contributed by atoms with Crippen LogP contribution >= 0.6 is 0 Å². The third-order valence-corrected chi connectivity index (χ3v) is 6.63. The zero-order valence-corrected chi connectivity index (χ0v) is 20.5. The second-order valence-electron chi connectivity index (χ2n) is 9.00. The topological polar surface area (TPSA) is 67.9 Å². The molecular weight excluding hydrogens is 428 g/mol. The maximum atomic E-state index is 13.6. The van der Waals surface area contributed by atoms with Crippen LogP contribution in [0.3, 0.4) is 0 Å². The van der Waals surface area contributed by atoms with E-state index >= 15 is 0 Å². The molecule has 1 aliphatic carbocycles. The van der Waals surface area contributed by atoms with Crippen LogP contribution in [-0.4, -0.2) is 39.6 Å². The number of ketones is 1. The Morgan fingerprint density at radius 2 is 1.82 bits per heavy atom. The van der Waals surface area contributed by atoms with Gasteiger partial charge in [0.15, 0.2) is 5.78 Å². The average Bonchev–Trinajstić information content (AvgIpc) is 2.83. The van der Waals surface area contributed by atoms with E-state index < -0.39 is 11.9 Å². The van der Waals surface area contributed by atoms with Gasteiger partial charge < -0.3 is 19.7 Å². The number of dihydropyridines is 1. The van der Waals surface area contributed by atoms with Gasteiger partial charge in [-0.05, 0) is 61.6 Å². The standard InChI is InChI=1S/C28H32N2O4/c1-6-34-28(32)25-17(2)29-23-15-20(18-10-12-21(13-11-18)30(3)4)16-24(31)27(23)26(25)19-8-7-9-22(14-19)33-5/h7-14,20,26,29H,6,15-16H2,1-5H3/t20-,26+/m0/s1. The summed E-state index contributed by atoms with van der Waals surface area (Å²) in [7, 11) is 5.63. The SMILES string of the molecule is CCOC(=O)C1=C(C)NC2=C(C(=O)C[C@@H](c3ccc(N(C)C)cc3)C2)[C@@H]1c1cccc(OC)c1. The minimum absolute atomic E-state index is 0.0533. The van der Waals surface area contributed by atoms with Crippen LogP contribution in [0, 0.1) is 0 Å². The molecule has 0 spiro atoms. The van der Waals surface area contributed by atoms with E-state index in [0.717, 1.165) is 28.2 Å². The lowest BCUT2D eigenvalue weighted by molar-refractivity contribution is -0.138. The van der Waals surface area contributed by atoms with E-state index in [2.05, 4.69) is 34.5 Å². The molecule has 34 heavy (non-hydrogen) atoms. The van der Waals surface area contributed by atoms with Gasteiger partial charge in [-0.3, -0.25) is 4.79 Å². The first-order valence-electron chi connectivity index (χ1n) is 11.7. The van der Waals surface area contributed by atoms with Crippen molar-refractivity contribution >= 4 is 17.4 Å². The molecule has 0 fully saturated rings. The summed E-state index contributed by atoms with van der Waals surface area (Å²) < 4.78 is 10.8. The molecule has 0 radical (unpaired) electrons. The molecule has 0 amide bonds. The van der Waals surface area contributed by atoms with Gasteiger partial charge in [-0.1, -0.05) is 24.3 Å². The maximum absolute atomic E-state index is 13.6. The fourth-order valence-electron chi connectivity index (χ4n) is 4.95. The third-order valence-electron chi connectivity index (χ3n) is 6.63. The molecule has 2 aromatic rings. The Kier molecular flexibility index (Phi) is 6.77. The molecule has 2 aliphatic rings. The van der Waals surface area contributed by atoms with Crippen molar-refractivity contribution in [1.29, 1.82) is 0 Å². The van der Waals surface area contributed by atoms with Gasteiger partial charge in [-0.25, -0.2) is 4.79 Å². The summed E-state index contributed by atoms with van der Waals surface area (Å²) in [6, 6.07) is 16.0. The number of carbonyl (C=O) groups is 2. The number of Topliss-reactive ketones (excluding diaryl/α,β-unsaturated/α-hetero) is 1. The van der Waals surface area contributed by atoms with Gasteiger partial charge in [0.2, 0.25) is 0 Å². The number of hydrogen-bond donors (Lipinski definition) is 1. The van der Waals surface area contributed by atoms with Gasteiger partial charge in [0, 0.05) is 49.1 Å². The number of ether oxygens (including phenoxy) is 2. The minimum Gasteiger partial charge on any atom is -0.497 e. The Labute approximate surface area is 201 Å². The Hall–Kier alpha value is -3.54. The molecule has 0 saturated heterocycles. The average molecular weight is 461 g/mol. The van der Waals surface area contributed by atoms with Crippen molar-refractivity contribution in [3.05, 3.63) is 82.2 Å². The van der Waals surface area contributed by atoms with Gasteiger partial charge in [0.05, 0.1) is 19.3 Å². The molecule has 0 aromatic heterocycles. The summed E-state index contributed by atoms with van der Waals surface area (Å²) in [6.07, 6.45) is 1.10. The van der Waals surface area contributed by atoms with E-state index in [1.54, 1.807) is 14.0 Å². The fourth-order valence-corrected chi connectivity index (χ4v) is 4.95. The molecule has 0 saturated carbocycles. The highest BCUT2D eigenvalue weighted by atomic mass is 16.5. The molecule has 0 bridgehead atoms. The summed E-state index contributed by atoms with van der Waals surface area (Å²) >= 11 is 0. The fraction of sp³-hybridized carbons (Fsp3) is 0.357. The number of nitrogens with zero attached hydrogens (tertiary/aromatic N) is 1. The first kappa shape index (κ1) is 23.6. The van der Waals surface area contributed by atoms with Gasteiger partial charge in [-0.15, -0.1) is 0 Å². The lowest BCUT2D eigenvalue weighted by Gasteiger charge is -2.36. The van der Waals surface area contributed by atoms with E-state index in [1.165, 1.54) is 0 Å². The van der Waals surface area contributed by atoms with Gasteiger partial charge >= 0.3 is 5.97 Å². The van der Waals surface area contributed by atoms with Crippen LogP contribution < -0.4 is 15.0 Å². The summed E-state index contributed by atoms with van der Waals surface area (Å²) in [5.41, 5.74) is 5.86. The second kappa shape index (κ2) is 9.75. The maximum Gasteiger partial charge on any atom is 0.336 e. The molecule has 1 aliphatic heterocycles. The largest absolute Gasteiger partial charge is 0.497 e. The van der Waals surface area contributed by atoms with E-state index in [0.29, 0.717) is 29.7 Å². The molecule has 6 heteroatoms. The second-order valence-corrected chi connectivity index (χ2v) is 9.00. The summed E-state index contributed by atoms with van der Waals surface area (Å²) in [4.78, 5) is 28.7. The quantitative estimate of drug-likeness (QED) is 0.631. The lowest BCUT2D eigenvalue weighted by atomic mass is 9.71. The van der Waals surface area contributed by atoms with Gasteiger partial charge in [-0.2, -0.15) is 0 Å². The molecular formula is C28H32N2O4. The van der Waals surface area contributed by atoms with Gasteiger partial charge in [0.1, 0.15) is 5.75 Å². The highest BCUT2D eigenvalue weighted by Crippen LogP contribution is 2.46. The zero-order chi connectivity index (χ0) is 24.4. The summed E-state index contributed by atoms with van der Waals surface area (Å²) in [6.45, 7) is 3.93. The Morgan fingerprint density at radius 1 is 1.09 bits per heavy atom. The van der Waals surface area contributed by atoms with Gasteiger partial charge in [0.25, 0.3) is 0 Å². The third kappa shape index (κ3) is 4.45. The van der Waals surface area contributed by atoms with Crippen molar-refractivity contribution in [2.24, 2.45) is 0 Å². The van der Waals surface area contributed by atoms with Crippen LogP contribution in [0.2, 0.25) is 0 Å². The van der Waals surface area contributed by atoms with Crippen LogP contribution in [0.4, 0.5) is 5.69 Å². The molecule has 4 rings (SSSR count). The summed E-state index contributed by atoms with van der Waals surface area (Å²) in [5.74, 6) is -0.0763. The lowest BCUT2D eigenvalue weighted by Crippen LogP contribution is -2.36. The number of allylic oxidation sites excluding steroid dienone is 3. The molecule has 0 unspecified atom stereocenters. The number of rotatable bonds is 6. The highest BCUT2D eigenvalue weighted by molar-refractivity contribution is 6.04. The zero-order valence-electron chi connectivity index (χ0n) is 20.5. The van der Waals surface area contributed by atoms with Crippen molar-refractivity contribution in [2.75, 3.05) is 32.7 Å². The molecule has 2 aromatic carbocycles.